The maximum Gasteiger partial charge on any atom is 0.224 e. The van der Waals surface area contributed by atoms with Gasteiger partial charge in [-0.15, -0.1) is 0 Å². The van der Waals surface area contributed by atoms with Crippen LogP contribution in [-0.4, -0.2) is 5.91 Å². The van der Waals surface area contributed by atoms with Gasteiger partial charge in [0, 0.05) is 0 Å². The average Bonchev–Trinajstić information content (AvgIpc) is 2.03. The van der Waals surface area contributed by atoms with Crippen LogP contribution in [0.2, 0.25) is 0 Å². The molecule has 0 aromatic carbocycles. The van der Waals surface area contributed by atoms with Crippen LogP contribution in [0.4, 0.5) is 0 Å². The lowest BCUT2D eigenvalue weighted by Gasteiger charge is -2.38. The predicted molar refractivity (Wildman–Crippen MR) is 60.8 cm³/mol. The van der Waals surface area contributed by atoms with Crippen LogP contribution in [0.25, 0.3) is 0 Å². The van der Waals surface area contributed by atoms with Gasteiger partial charge in [0.25, 0.3) is 0 Å². The van der Waals surface area contributed by atoms with Crippen LogP contribution in [0, 0.1) is 17.3 Å². The third kappa shape index (κ3) is 2.49. The maximum absolute atomic E-state index is 11.6. The van der Waals surface area contributed by atoms with Crippen LogP contribution in [0.1, 0.15) is 53.9 Å². The van der Waals surface area contributed by atoms with Crippen molar-refractivity contribution in [3.05, 3.63) is 0 Å². The molecule has 2 nitrogen and oxygen atoms in total. The van der Waals surface area contributed by atoms with E-state index in [2.05, 4.69) is 34.6 Å². The van der Waals surface area contributed by atoms with Gasteiger partial charge >= 0.3 is 0 Å². The molecule has 0 spiro atoms. The van der Waals surface area contributed by atoms with Crippen molar-refractivity contribution in [2.24, 2.45) is 23.0 Å². The number of amides is 1. The number of unbranched alkanes of at least 4 members (excludes halogenated alkanes) is 1. The van der Waals surface area contributed by atoms with Gasteiger partial charge in [0.2, 0.25) is 5.91 Å². The summed E-state index contributed by atoms with van der Waals surface area (Å²) < 4.78 is 0. The zero-order valence-corrected chi connectivity index (χ0v) is 10.3. The molecule has 0 atom stereocenters. The molecule has 0 aliphatic carbocycles. The Morgan fingerprint density at radius 2 is 1.64 bits per heavy atom. The molecule has 0 saturated carbocycles. The molecule has 14 heavy (non-hydrogen) atoms. The summed E-state index contributed by atoms with van der Waals surface area (Å²) in [4.78, 5) is 11.6. The molecule has 0 heterocycles. The minimum Gasteiger partial charge on any atom is -0.369 e. The summed E-state index contributed by atoms with van der Waals surface area (Å²) in [6.45, 7) is 10.5. The number of hydrogen-bond donors (Lipinski definition) is 1. The van der Waals surface area contributed by atoms with E-state index < -0.39 is 0 Å². The van der Waals surface area contributed by atoms with Gasteiger partial charge in [0.15, 0.2) is 0 Å². The van der Waals surface area contributed by atoms with E-state index in [0.29, 0.717) is 11.8 Å². The summed E-state index contributed by atoms with van der Waals surface area (Å²) >= 11 is 0. The van der Waals surface area contributed by atoms with Gasteiger partial charge in [0.1, 0.15) is 0 Å². The Morgan fingerprint density at radius 3 is 1.86 bits per heavy atom. The van der Waals surface area contributed by atoms with Crippen molar-refractivity contribution in [1.29, 1.82) is 0 Å². The Bertz CT molecular complexity index is 177. The first kappa shape index (κ1) is 13.5. The SMILES string of the molecule is CCCCC(C(N)=O)(C(C)C)C(C)C. The number of primary amides is 1. The van der Waals surface area contributed by atoms with Crippen LogP contribution < -0.4 is 5.73 Å². The molecule has 1 amide bonds. The van der Waals surface area contributed by atoms with E-state index in [9.17, 15) is 4.79 Å². The van der Waals surface area contributed by atoms with Crippen molar-refractivity contribution in [2.75, 3.05) is 0 Å². The lowest BCUT2D eigenvalue weighted by atomic mass is 9.65. The molecule has 0 aliphatic heterocycles. The molecule has 0 aromatic heterocycles. The van der Waals surface area contributed by atoms with Crippen LogP contribution in [0.15, 0.2) is 0 Å². The highest BCUT2D eigenvalue weighted by atomic mass is 16.1. The van der Waals surface area contributed by atoms with E-state index >= 15 is 0 Å². The van der Waals surface area contributed by atoms with Crippen molar-refractivity contribution in [1.82, 2.24) is 0 Å². The first-order chi connectivity index (χ1) is 6.39. The number of nitrogens with two attached hydrogens (primary N) is 1. The Kier molecular flexibility index (Phi) is 5.17. The van der Waals surface area contributed by atoms with Crippen molar-refractivity contribution >= 4 is 5.91 Å². The highest BCUT2D eigenvalue weighted by molar-refractivity contribution is 5.81. The van der Waals surface area contributed by atoms with Gasteiger partial charge in [-0.25, -0.2) is 0 Å². The number of carbonyl (C=O) groups is 1. The number of rotatable bonds is 6. The molecule has 0 fully saturated rings. The highest BCUT2D eigenvalue weighted by Crippen LogP contribution is 2.40. The molecule has 0 aromatic rings. The molecule has 0 unspecified atom stereocenters. The van der Waals surface area contributed by atoms with Gasteiger partial charge in [-0.05, 0) is 18.3 Å². The quantitative estimate of drug-likeness (QED) is 0.702. The van der Waals surface area contributed by atoms with Crippen LogP contribution in [0.3, 0.4) is 0 Å². The van der Waals surface area contributed by atoms with Crippen LogP contribution in [-0.2, 0) is 4.79 Å². The maximum atomic E-state index is 11.6. The molecule has 84 valence electrons. The van der Waals surface area contributed by atoms with Gasteiger partial charge < -0.3 is 5.73 Å². The average molecular weight is 199 g/mol. The van der Waals surface area contributed by atoms with Crippen molar-refractivity contribution in [3.8, 4) is 0 Å². The molecule has 0 rings (SSSR count). The van der Waals surface area contributed by atoms with Gasteiger partial charge in [-0.1, -0.05) is 47.5 Å². The fourth-order valence-corrected chi connectivity index (χ4v) is 2.41. The second kappa shape index (κ2) is 5.38. The third-order valence-corrected chi connectivity index (χ3v) is 3.46. The lowest BCUT2D eigenvalue weighted by Crippen LogP contribution is -2.45. The second-order valence-electron chi connectivity index (χ2n) is 4.82. The smallest absolute Gasteiger partial charge is 0.224 e. The largest absolute Gasteiger partial charge is 0.369 e. The minimum atomic E-state index is -0.310. The first-order valence-electron chi connectivity index (χ1n) is 5.69. The summed E-state index contributed by atoms with van der Waals surface area (Å²) in [7, 11) is 0. The van der Waals surface area contributed by atoms with Gasteiger partial charge in [-0.3, -0.25) is 4.79 Å². The summed E-state index contributed by atoms with van der Waals surface area (Å²) in [5.41, 5.74) is 5.27. The standard InChI is InChI=1S/C12H25NO/c1-6-7-8-12(9(2)3,10(4)5)11(13)14/h9-10H,6-8H2,1-5H3,(H2,13,14). The van der Waals surface area contributed by atoms with E-state index in [4.69, 9.17) is 5.73 Å². The van der Waals surface area contributed by atoms with Crippen LogP contribution in [0.5, 0.6) is 0 Å². The van der Waals surface area contributed by atoms with E-state index in [0.717, 1.165) is 19.3 Å². The Labute approximate surface area is 88.3 Å². The van der Waals surface area contributed by atoms with Crippen molar-refractivity contribution in [2.45, 2.75) is 53.9 Å². The second-order valence-corrected chi connectivity index (χ2v) is 4.82. The Hall–Kier alpha value is -0.530. The third-order valence-electron chi connectivity index (χ3n) is 3.46. The molecule has 0 bridgehead atoms. The molecule has 0 saturated heterocycles. The minimum absolute atomic E-state index is 0.129. The Balaban J connectivity index is 4.85. The number of hydrogen-bond acceptors (Lipinski definition) is 1. The molecule has 0 radical (unpaired) electrons. The topological polar surface area (TPSA) is 43.1 Å². The van der Waals surface area contributed by atoms with E-state index in [1.54, 1.807) is 0 Å². The summed E-state index contributed by atoms with van der Waals surface area (Å²) in [5, 5.41) is 0. The van der Waals surface area contributed by atoms with Crippen molar-refractivity contribution < 1.29 is 4.79 Å². The first-order valence-corrected chi connectivity index (χ1v) is 5.69. The molecular weight excluding hydrogens is 174 g/mol. The highest BCUT2D eigenvalue weighted by Gasteiger charge is 2.41. The fraction of sp³-hybridized carbons (Fsp3) is 0.917. The summed E-state index contributed by atoms with van der Waals surface area (Å²) in [6.07, 6.45) is 3.13. The van der Waals surface area contributed by atoms with Gasteiger partial charge in [0.05, 0.1) is 5.41 Å². The Morgan fingerprint density at radius 1 is 1.21 bits per heavy atom. The zero-order chi connectivity index (χ0) is 11.4. The molecular formula is C12H25NO. The summed E-state index contributed by atoms with van der Waals surface area (Å²) in [6, 6.07) is 0. The molecule has 2 N–H and O–H groups in total. The zero-order valence-electron chi connectivity index (χ0n) is 10.3. The van der Waals surface area contributed by atoms with E-state index in [1.807, 2.05) is 0 Å². The number of carbonyl (C=O) groups excluding carboxylic acids is 1. The normalized spacial score (nSPS) is 12.5. The summed E-state index contributed by atoms with van der Waals surface area (Å²) in [5.74, 6) is 0.522. The fourth-order valence-electron chi connectivity index (χ4n) is 2.41. The monoisotopic (exact) mass is 199 g/mol. The lowest BCUT2D eigenvalue weighted by molar-refractivity contribution is -0.134. The van der Waals surface area contributed by atoms with Crippen LogP contribution >= 0.6 is 0 Å². The van der Waals surface area contributed by atoms with Gasteiger partial charge in [-0.2, -0.15) is 0 Å². The van der Waals surface area contributed by atoms with E-state index in [1.165, 1.54) is 0 Å². The van der Waals surface area contributed by atoms with Crippen molar-refractivity contribution in [3.63, 3.8) is 0 Å². The predicted octanol–water partition coefficient (Wildman–Crippen LogP) is 2.96. The molecule has 0 aliphatic rings. The van der Waals surface area contributed by atoms with E-state index in [-0.39, 0.29) is 11.3 Å². The molecule has 2 heteroatoms.